The summed E-state index contributed by atoms with van der Waals surface area (Å²) in [5.41, 5.74) is 6.31. The molecule has 1 aromatic heterocycles. The lowest BCUT2D eigenvalue weighted by molar-refractivity contribution is 0.0929. The number of carbonyl (C=O) groups excluding carboxylic acids is 1. The topological polar surface area (TPSA) is 63.8 Å². The van der Waals surface area contributed by atoms with Crippen molar-refractivity contribution in [1.82, 2.24) is 5.43 Å². The van der Waals surface area contributed by atoms with Crippen LogP contribution in [0.15, 0.2) is 73.1 Å². The molecule has 0 aliphatic rings. The molecule has 0 radical (unpaired) electrons. The molecular weight excluding hydrogens is 778 g/mol. The molecule has 3 aromatic carbocycles. The van der Waals surface area contributed by atoms with E-state index in [1.54, 1.807) is 12.3 Å². The second-order valence-electron chi connectivity index (χ2n) is 7.21. The summed E-state index contributed by atoms with van der Waals surface area (Å²) in [6.45, 7) is 2.57. The molecule has 168 valence electrons. The first-order valence-corrected chi connectivity index (χ1v) is 13.4. The van der Waals surface area contributed by atoms with Gasteiger partial charge >= 0.3 is 5.91 Å². The fourth-order valence-corrected chi connectivity index (χ4v) is 6.62. The lowest BCUT2D eigenvalue weighted by Crippen LogP contribution is -2.16. The molecule has 0 aliphatic carbocycles. The number of hydrazone groups is 1. The number of hydrogen-bond acceptors (Lipinski definition) is 4. The number of nitrogens with zero attached hydrogens (tertiary/aromatic N) is 1. The van der Waals surface area contributed by atoms with Gasteiger partial charge in [-0.15, -0.1) is 0 Å². The van der Waals surface area contributed by atoms with Gasteiger partial charge in [0.1, 0.15) is 17.9 Å². The van der Waals surface area contributed by atoms with Gasteiger partial charge in [-0.3, -0.25) is 4.79 Å². The maximum atomic E-state index is 12.5. The number of benzene rings is 3. The number of amides is 1. The first kappa shape index (κ1) is 24.7. The molecular formula is C24H16Br2I2N2O3. The van der Waals surface area contributed by atoms with Crippen LogP contribution in [-0.4, -0.2) is 12.1 Å². The Morgan fingerprint density at radius 3 is 2.61 bits per heavy atom. The molecule has 1 heterocycles. The van der Waals surface area contributed by atoms with Crippen molar-refractivity contribution < 1.29 is 13.9 Å². The highest BCUT2D eigenvalue weighted by Crippen LogP contribution is 2.31. The van der Waals surface area contributed by atoms with Crippen LogP contribution in [0.5, 0.6) is 5.75 Å². The second-order valence-corrected chi connectivity index (χ2v) is 11.3. The van der Waals surface area contributed by atoms with Gasteiger partial charge in [0.2, 0.25) is 0 Å². The van der Waals surface area contributed by atoms with Crippen LogP contribution in [0.3, 0.4) is 0 Å². The van der Waals surface area contributed by atoms with Crippen LogP contribution in [0, 0.1) is 14.1 Å². The Bertz CT molecular complexity index is 1360. The van der Waals surface area contributed by atoms with E-state index in [1.807, 2.05) is 30.3 Å². The molecule has 0 bridgehead atoms. The maximum Gasteiger partial charge on any atom is 0.307 e. The van der Waals surface area contributed by atoms with Crippen LogP contribution in [0.1, 0.15) is 27.2 Å². The number of halogens is 4. The van der Waals surface area contributed by atoms with Crippen LogP contribution < -0.4 is 10.2 Å². The Hall–Kier alpha value is -1.44. The van der Waals surface area contributed by atoms with Gasteiger partial charge in [0.05, 0.1) is 17.8 Å². The number of ether oxygens (including phenoxy) is 1. The first-order chi connectivity index (χ1) is 15.8. The van der Waals surface area contributed by atoms with Gasteiger partial charge in [-0.05, 0) is 109 Å². The van der Waals surface area contributed by atoms with E-state index in [1.165, 1.54) is 5.56 Å². The zero-order chi connectivity index (χ0) is 23.5. The van der Waals surface area contributed by atoms with Gasteiger partial charge in [0, 0.05) is 9.86 Å². The minimum Gasteiger partial charge on any atom is -0.487 e. The molecule has 4 aromatic rings. The van der Waals surface area contributed by atoms with Gasteiger partial charge in [-0.1, -0.05) is 45.8 Å². The minimum absolute atomic E-state index is 0.185. The highest BCUT2D eigenvalue weighted by molar-refractivity contribution is 14.1. The van der Waals surface area contributed by atoms with E-state index in [0.717, 1.165) is 38.3 Å². The van der Waals surface area contributed by atoms with E-state index in [0.29, 0.717) is 12.2 Å². The smallest absolute Gasteiger partial charge is 0.307 e. The number of nitrogens with one attached hydrogen (secondary N) is 1. The minimum atomic E-state index is -0.423. The van der Waals surface area contributed by atoms with Crippen molar-refractivity contribution in [2.45, 2.75) is 13.5 Å². The van der Waals surface area contributed by atoms with Crippen molar-refractivity contribution in [3.8, 4) is 5.75 Å². The average molecular weight is 794 g/mol. The summed E-state index contributed by atoms with van der Waals surface area (Å²) in [6.07, 6.45) is 1.60. The highest BCUT2D eigenvalue weighted by atomic mass is 127. The fourth-order valence-electron chi connectivity index (χ4n) is 3.16. The number of carbonyl (C=O) groups is 1. The van der Waals surface area contributed by atoms with Crippen molar-refractivity contribution in [2.24, 2.45) is 5.10 Å². The standard InChI is InChI=1S/C24H16Br2I2N2O3/c1-13-3-2-4-14(5-13)12-32-23-19(27)6-15(7-20(23)28)11-29-30-24(31)21-9-16-8-17(25)10-18(26)22(16)33-21/h2-11H,12H2,1H3,(H,30,31)/b29-11-. The summed E-state index contributed by atoms with van der Waals surface area (Å²) in [5.74, 6) is 0.593. The summed E-state index contributed by atoms with van der Waals surface area (Å²) >= 11 is 11.4. The molecule has 9 heteroatoms. The van der Waals surface area contributed by atoms with Crippen LogP contribution in [-0.2, 0) is 6.61 Å². The van der Waals surface area contributed by atoms with Crippen LogP contribution in [0.2, 0.25) is 0 Å². The number of hydrogen-bond donors (Lipinski definition) is 1. The Kier molecular flexibility index (Phi) is 8.13. The molecule has 5 nitrogen and oxygen atoms in total. The maximum absolute atomic E-state index is 12.5. The lowest BCUT2D eigenvalue weighted by atomic mass is 10.1. The molecule has 0 saturated heterocycles. The van der Waals surface area contributed by atoms with Crippen LogP contribution >= 0.6 is 77.0 Å². The van der Waals surface area contributed by atoms with Crippen molar-refractivity contribution in [3.63, 3.8) is 0 Å². The molecule has 1 amide bonds. The largest absolute Gasteiger partial charge is 0.487 e. The van der Waals surface area contributed by atoms with E-state index in [9.17, 15) is 4.79 Å². The Labute approximate surface area is 234 Å². The second kappa shape index (κ2) is 10.9. The normalized spacial score (nSPS) is 11.3. The molecule has 4 rings (SSSR count). The van der Waals surface area contributed by atoms with E-state index < -0.39 is 5.91 Å². The molecule has 0 fully saturated rings. The predicted molar refractivity (Wildman–Crippen MR) is 154 cm³/mol. The zero-order valence-electron chi connectivity index (χ0n) is 17.2. The Morgan fingerprint density at radius 1 is 1.12 bits per heavy atom. The summed E-state index contributed by atoms with van der Waals surface area (Å²) in [4.78, 5) is 12.5. The first-order valence-electron chi connectivity index (χ1n) is 9.69. The summed E-state index contributed by atoms with van der Waals surface area (Å²) in [6, 6.07) is 17.6. The van der Waals surface area contributed by atoms with E-state index in [-0.39, 0.29) is 5.76 Å². The van der Waals surface area contributed by atoms with Crippen molar-refractivity contribution in [3.05, 3.63) is 93.1 Å². The number of aryl methyl sites for hydroxylation is 1. The van der Waals surface area contributed by atoms with Crippen molar-refractivity contribution >= 4 is 100 Å². The zero-order valence-corrected chi connectivity index (χ0v) is 24.7. The Balaban J connectivity index is 1.43. The Morgan fingerprint density at radius 2 is 1.88 bits per heavy atom. The van der Waals surface area contributed by atoms with Crippen molar-refractivity contribution in [1.29, 1.82) is 0 Å². The van der Waals surface area contributed by atoms with E-state index in [4.69, 9.17) is 9.15 Å². The molecule has 33 heavy (non-hydrogen) atoms. The third kappa shape index (κ3) is 6.17. The number of furan rings is 1. The third-order valence-corrected chi connectivity index (χ3v) is 7.27. The molecule has 0 atom stereocenters. The summed E-state index contributed by atoms with van der Waals surface area (Å²) in [7, 11) is 0. The average Bonchev–Trinajstić information content (AvgIpc) is 3.18. The molecule has 0 unspecified atom stereocenters. The fraction of sp³-hybridized carbons (Fsp3) is 0.0833. The van der Waals surface area contributed by atoms with Crippen LogP contribution in [0.25, 0.3) is 11.0 Å². The van der Waals surface area contributed by atoms with Gasteiger partial charge in [-0.25, -0.2) is 5.43 Å². The SMILES string of the molecule is Cc1cccc(COc2c(I)cc(/C=N\NC(=O)c3cc4cc(Br)cc(Br)c4o3)cc2I)c1. The van der Waals surface area contributed by atoms with Gasteiger partial charge < -0.3 is 9.15 Å². The quantitative estimate of drug-likeness (QED) is 0.123. The lowest BCUT2D eigenvalue weighted by Gasteiger charge is -2.12. The van der Waals surface area contributed by atoms with Gasteiger partial charge in [-0.2, -0.15) is 5.10 Å². The molecule has 1 N–H and O–H groups in total. The van der Waals surface area contributed by atoms with Crippen LogP contribution in [0.4, 0.5) is 0 Å². The third-order valence-electron chi connectivity index (χ3n) is 4.63. The molecule has 0 spiro atoms. The van der Waals surface area contributed by atoms with Gasteiger partial charge in [0.15, 0.2) is 5.76 Å². The van der Waals surface area contributed by atoms with Crippen molar-refractivity contribution in [2.75, 3.05) is 0 Å². The number of fused-ring (bicyclic) bond motifs is 1. The molecule has 0 saturated carbocycles. The summed E-state index contributed by atoms with van der Waals surface area (Å²) < 4.78 is 15.3. The van der Waals surface area contributed by atoms with E-state index >= 15 is 0 Å². The van der Waals surface area contributed by atoms with E-state index in [2.05, 4.69) is 113 Å². The predicted octanol–water partition coefficient (Wildman–Crippen LogP) is 7.82. The summed E-state index contributed by atoms with van der Waals surface area (Å²) in [5, 5.41) is 4.91. The monoisotopic (exact) mass is 792 g/mol. The van der Waals surface area contributed by atoms with Gasteiger partial charge in [0.25, 0.3) is 0 Å². The molecule has 0 aliphatic heterocycles. The number of rotatable bonds is 6. The highest BCUT2D eigenvalue weighted by Gasteiger charge is 2.14.